The lowest BCUT2D eigenvalue weighted by molar-refractivity contribution is -0.108. The minimum atomic E-state index is 0.325. The maximum absolute atomic E-state index is 10.7. The van der Waals surface area contributed by atoms with Crippen molar-refractivity contribution in [1.82, 2.24) is 0 Å². The van der Waals surface area contributed by atoms with Crippen LogP contribution in [0.15, 0.2) is 22.7 Å². The third kappa shape index (κ3) is 1.88. The zero-order valence-corrected chi connectivity index (χ0v) is 11.2. The number of fused-ring (bicyclic) bond motifs is 1. The Labute approximate surface area is 105 Å². The smallest absolute Gasteiger partial charge is 0.122 e. The van der Waals surface area contributed by atoms with E-state index in [-0.39, 0.29) is 0 Å². The molecule has 3 heteroatoms. The van der Waals surface area contributed by atoms with Crippen LogP contribution in [0.25, 0.3) is 0 Å². The molecule has 16 heavy (non-hydrogen) atoms. The van der Waals surface area contributed by atoms with Crippen LogP contribution in [0.3, 0.4) is 0 Å². The Morgan fingerprint density at radius 1 is 1.56 bits per heavy atom. The number of carbonyl (C=O) groups excluding carboxylic acids is 1. The van der Waals surface area contributed by atoms with Crippen LogP contribution in [0.4, 0.5) is 5.69 Å². The Bertz CT molecular complexity index is 403. The second kappa shape index (κ2) is 4.58. The number of aldehydes is 1. The van der Waals surface area contributed by atoms with Crippen LogP contribution in [0.2, 0.25) is 0 Å². The molecule has 0 amide bonds. The number of rotatable bonds is 3. The van der Waals surface area contributed by atoms with E-state index in [2.05, 4.69) is 52.9 Å². The van der Waals surface area contributed by atoms with Crippen LogP contribution < -0.4 is 4.90 Å². The van der Waals surface area contributed by atoms with Crippen molar-refractivity contribution < 1.29 is 4.79 Å². The molecule has 1 aliphatic heterocycles. The van der Waals surface area contributed by atoms with Gasteiger partial charge in [0.2, 0.25) is 0 Å². The van der Waals surface area contributed by atoms with E-state index in [0.717, 1.165) is 17.2 Å². The molecule has 0 fully saturated rings. The standard InChI is InChI=1S/C13H16BrNO/c1-9(2)15-10(6-7-16)8-11-12(14)4-3-5-13(11)15/h3-5,7,9-10H,6,8H2,1-2H3. The molecule has 2 nitrogen and oxygen atoms in total. The summed E-state index contributed by atoms with van der Waals surface area (Å²) in [5, 5.41) is 0. The highest BCUT2D eigenvalue weighted by molar-refractivity contribution is 9.10. The molecular formula is C13H16BrNO. The molecule has 1 atom stereocenters. The van der Waals surface area contributed by atoms with Gasteiger partial charge in [-0.3, -0.25) is 0 Å². The molecule has 1 heterocycles. The molecule has 0 N–H and O–H groups in total. The fourth-order valence-corrected chi connectivity index (χ4v) is 3.05. The molecule has 0 bridgehead atoms. The van der Waals surface area contributed by atoms with Gasteiger partial charge in [-0.1, -0.05) is 22.0 Å². The summed E-state index contributed by atoms with van der Waals surface area (Å²) >= 11 is 3.59. The van der Waals surface area contributed by atoms with E-state index < -0.39 is 0 Å². The van der Waals surface area contributed by atoms with Crippen molar-refractivity contribution in [2.24, 2.45) is 0 Å². The topological polar surface area (TPSA) is 20.3 Å². The molecule has 0 saturated carbocycles. The zero-order valence-electron chi connectivity index (χ0n) is 9.61. The van der Waals surface area contributed by atoms with Gasteiger partial charge in [-0.25, -0.2) is 0 Å². The Morgan fingerprint density at radius 3 is 2.94 bits per heavy atom. The predicted molar refractivity (Wildman–Crippen MR) is 69.9 cm³/mol. The number of carbonyl (C=O) groups is 1. The molecule has 1 aromatic rings. The molecule has 0 aliphatic carbocycles. The monoisotopic (exact) mass is 281 g/mol. The molecule has 0 aromatic heterocycles. The van der Waals surface area contributed by atoms with E-state index in [9.17, 15) is 4.79 Å². The molecule has 0 spiro atoms. The Balaban J connectivity index is 2.40. The summed E-state index contributed by atoms with van der Waals surface area (Å²) in [4.78, 5) is 13.1. The Morgan fingerprint density at radius 2 is 2.31 bits per heavy atom. The van der Waals surface area contributed by atoms with Crippen molar-refractivity contribution in [3.05, 3.63) is 28.2 Å². The second-order valence-corrected chi connectivity index (χ2v) is 5.35. The molecule has 0 radical (unpaired) electrons. The maximum Gasteiger partial charge on any atom is 0.122 e. The first-order valence-electron chi connectivity index (χ1n) is 5.64. The number of hydrogen-bond donors (Lipinski definition) is 0. The minimum Gasteiger partial charge on any atom is -0.365 e. The van der Waals surface area contributed by atoms with E-state index >= 15 is 0 Å². The van der Waals surface area contributed by atoms with Crippen LogP contribution in [0, 0.1) is 0 Å². The van der Waals surface area contributed by atoms with E-state index in [1.807, 2.05) is 0 Å². The van der Waals surface area contributed by atoms with Gasteiger partial charge in [-0.15, -0.1) is 0 Å². The summed E-state index contributed by atoms with van der Waals surface area (Å²) in [5.41, 5.74) is 2.61. The van der Waals surface area contributed by atoms with E-state index in [1.54, 1.807) is 0 Å². The van der Waals surface area contributed by atoms with Crippen molar-refractivity contribution in [1.29, 1.82) is 0 Å². The number of hydrogen-bond acceptors (Lipinski definition) is 2. The predicted octanol–water partition coefficient (Wildman–Crippen LogP) is 3.18. The van der Waals surface area contributed by atoms with Crippen LogP contribution in [0.1, 0.15) is 25.8 Å². The van der Waals surface area contributed by atoms with Crippen LogP contribution in [0.5, 0.6) is 0 Å². The number of nitrogens with zero attached hydrogens (tertiary/aromatic N) is 1. The average Bonchev–Trinajstić information content (AvgIpc) is 2.58. The third-order valence-electron chi connectivity index (χ3n) is 3.13. The number of benzene rings is 1. The molecule has 1 aliphatic rings. The summed E-state index contributed by atoms with van der Waals surface area (Å²) in [6.45, 7) is 4.35. The van der Waals surface area contributed by atoms with Crippen LogP contribution in [-0.4, -0.2) is 18.4 Å². The maximum atomic E-state index is 10.7. The first-order chi connectivity index (χ1) is 7.65. The number of anilines is 1. The fraction of sp³-hybridized carbons (Fsp3) is 0.462. The quantitative estimate of drug-likeness (QED) is 0.794. The van der Waals surface area contributed by atoms with Gasteiger partial charge in [0.1, 0.15) is 6.29 Å². The van der Waals surface area contributed by atoms with Crippen molar-refractivity contribution in [3.63, 3.8) is 0 Å². The normalized spacial score (nSPS) is 19.0. The first kappa shape index (κ1) is 11.6. The molecule has 0 saturated heterocycles. The van der Waals surface area contributed by atoms with Gasteiger partial charge in [0, 0.05) is 28.7 Å². The summed E-state index contributed by atoms with van der Waals surface area (Å²) < 4.78 is 1.16. The van der Waals surface area contributed by atoms with E-state index in [4.69, 9.17) is 0 Å². The lowest BCUT2D eigenvalue weighted by Gasteiger charge is -2.30. The SMILES string of the molecule is CC(C)N1c2cccc(Br)c2CC1CC=O. The highest BCUT2D eigenvalue weighted by Crippen LogP contribution is 2.38. The third-order valence-corrected chi connectivity index (χ3v) is 3.87. The van der Waals surface area contributed by atoms with Gasteiger partial charge in [0.15, 0.2) is 0 Å². The lowest BCUT2D eigenvalue weighted by Crippen LogP contribution is -2.37. The van der Waals surface area contributed by atoms with Gasteiger partial charge in [-0.05, 0) is 38.0 Å². The second-order valence-electron chi connectivity index (χ2n) is 4.50. The minimum absolute atomic E-state index is 0.325. The van der Waals surface area contributed by atoms with Crippen molar-refractivity contribution in [2.45, 2.75) is 38.8 Å². The van der Waals surface area contributed by atoms with Gasteiger partial charge in [0.25, 0.3) is 0 Å². The lowest BCUT2D eigenvalue weighted by atomic mass is 10.1. The van der Waals surface area contributed by atoms with Gasteiger partial charge < -0.3 is 9.69 Å². The molecule has 1 aromatic carbocycles. The molecule has 2 rings (SSSR count). The molecule has 1 unspecified atom stereocenters. The summed E-state index contributed by atoms with van der Waals surface area (Å²) in [6.07, 6.45) is 2.60. The van der Waals surface area contributed by atoms with Crippen LogP contribution >= 0.6 is 15.9 Å². The van der Waals surface area contributed by atoms with E-state index in [0.29, 0.717) is 18.5 Å². The van der Waals surface area contributed by atoms with Crippen molar-refractivity contribution >= 4 is 27.9 Å². The van der Waals surface area contributed by atoms with Crippen molar-refractivity contribution in [3.8, 4) is 0 Å². The molecular weight excluding hydrogens is 266 g/mol. The molecule has 86 valence electrons. The summed E-state index contributed by atoms with van der Waals surface area (Å²) in [6, 6.07) is 7.03. The van der Waals surface area contributed by atoms with Crippen LogP contribution in [-0.2, 0) is 11.2 Å². The Kier molecular flexibility index (Phi) is 3.33. The van der Waals surface area contributed by atoms with Gasteiger partial charge in [0.05, 0.1) is 0 Å². The van der Waals surface area contributed by atoms with Gasteiger partial charge >= 0.3 is 0 Å². The number of halogens is 1. The fourth-order valence-electron chi connectivity index (χ4n) is 2.53. The Hall–Kier alpha value is -0.830. The zero-order chi connectivity index (χ0) is 11.7. The van der Waals surface area contributed by atoms with E-state index in [1.165, 1.54) is 11.3 Å². The summed E-state index contributed by atoms with van der Waals surface area (Å²) in [5.74, 6) is 0. The largest absolute Gasteiger partial charge is 0.365 e. The first-order valence-corrected chi connectivity index (χ1v) is 6.43. The highest BCUT2D eigenvalue weighted by Gasteiger charge is 2.31. The highest BCUT2D eigenvalue weighted by atomic mass is 79.9. The van der Waals surface area contributed by atoms with Gasteiger partial charge in [-0.2, -0.15) is 0 Å². The van der Waals surface area contributed by atoms with Crippen molar-refractivity contribution in [2.75, 3.05) is 4.90 Å². The summed E-state index contributed by atoms with van der Waals surface area (Å²) in [7, 11) is 0. The average molecular weight is 282 g/mol.